The number of amides is 1. The summed E-state index contributed by atoms with van der Waals surface area (Å²) < 4.78 is 24.3. The van der Waals surface area contributed by atoms with Gasteiger partial charge in [-0.3, -0.25) is 9.59 Å². The van der Waals surface area contributed by atoms with Crippen molar-refractivity contribution in [2.45, 2.75) is 23.3 Å². The quantitative estimate of drug-likeness (QED) is 0.468. The Morgan fingerprint density at radius 2 is 1.85 bits per heavy atom. The predicted octanol–water partition coefficient (Wildman–Crippen LogP) is -1.38. The molecule has 0 spiro atoms. The van der Waals surface area contributed by atoms with Gasteiger partial charge in [0.05, 0.1) is 23.0 Å². The smallest absolute Gasteiger partial charge is 0.330 e. The summed E-state index contributed by atoms with van der Waals surface area (Å²) in [6.45, 7) is 0. The van der Waals surface area contributed by atoms with Crippen molar-refractivity contribution in [1.29, 1.82) is 0 Å². The van der Waals surface area contributed by atoms with Crippen LogP contribution < -0.4 is 11.1 Å². The highest BCUT2D eigenvalue weighted by Gasteiger charge is 2.79. The van der Waals surface area contributed by atoms with Crippen molar-refractivity contribution in [1.82, 2.24) is 5.32 Å². The number of carbonyl (C=O) groups excluding carboxylic acids is 1. The highest BCUT2D eigenvalue weighted by atomic mass is 32.2. The third kappa shape index (κ3) is 2.84. The molecule has 2 fully saturated rings. The highest BCUT2D eigenvalue weighted by molar-refractivity contribution is 7.92. The third-order valence-corrected chi connectivity index (χ3v) is 7.29. The Morgan fingerprint density at radius 1 is 1.23 bits per heavy atom. The van der Waals surface area contributed by atoms with Gasteiger partial charge >= 0.3 is 11.9 Å². The third-order valence-electron chi connectivity index (χ3n) is 5.01. The number of nitrogens with two attached hydrogens (primary N) is 1. The van der Waals surface area contributed by atoms with E-state index in [0.29, 0.717) is 0 Å². The van der Waals surface area contributed by atoms with Crippen LogP contribution in [0.3, 0.4) is 0 Å². The molecule has 140 valence electrons. The maximum Gasteiger partial charge on any atom is 0.330 e. The Bertz CT molecular complexity index is 870. The van der Waals surface area contributed by atoms with Crippen LogP contribution in [0.25, 0.3) is 0 Å². The molecule has 1 heterocycles. The van der Waals surface area contributed by atoms with Gasteiger partial charge in [-0.15, -0.1) is 0 Å². The minimum Gasteiger partial charge on any atom is -0.481 e. The molecule has 0 bridgehead atoms. The SMILES string of the molecule is N[C@@H](Cc1ccccc1)C(=O)N[C@@]1(C(=O)O)CS(=O)(=O)[C@H]2[C@H](C(=O)O)[C@H]21. The number of hydrogen-bond acceptors (Lipinski definition) is 6. The van der Waals surface area contributed by atoms with Crippen molar-refractivity contribution in [3.05, 3.63) is 35.9 Å². The van der Waals surface area contributed by atoms with Gasteiger partial charge in [0.15, 0.2) is 15.4 Å². The van der Waals surface area contributed by atoms with Crippen molar-refractivity contribution in [3.63, 3.8) is 0 Å². The summed E-state index contributed by atoms with van der Waals surface area (Å²) in [5, 5.41) is 19.7. The molecule has 0 unspecified atom stereocenters. The fourth-order valence-electron chi connectivity index (χ4n) is 3.77. The van der Waals surface area contributed by atoms with Crippen molar-refractivity contribution in [3.8, 4) is 0 Å². The van der Waals surface area contributed by atoms with Crippen LogP contribution in [0.2, 0.25) is 0 Å². The van der Waals surface area contributed by atoms with E-state index < -0.39 is 62.1 Å². The minimum atomic E-state index is -3.95. The van der Waals surface area contributed by atoms with Crippen LogP contribution >= 0.6 is 0 Å². The van der Waals surface area contributed by atoms with Gasteiger partial charge in [0.2, 0.25) is 5.91 Å². The molecule has 1 amide bonds. The number of aliphatic carboxylic acids is 2. The average Bonchev–Trinajstić information content (AvgIpc) is 3.27. The lowest BCUT2D eigenvalue weighted by Gasteiger charge is -2.29. The first kappa shape index (κ1) is 18.3. The van der Waals surface area contributed by atoms with Crippen LogP contribution in [0, 0.1) is 11.8 Å². The van der Waals surface area contributed by atoms with E-state index in [1.165, 1.54) is 0 Å². The topological polar surface area (TPSA) is 164 Å². The van der Waals surface area contributed by atoms with Gasteiger partial charge in [0, 0.05) is 5.92 Å². The Kier molecular flexibility index (Phi) is 4.27. The number of carboxylic acids is 2. The Morgan fingerprint density at radius 3 is 2.35 bits per heavy atom. The summed E-state index contributed by atoms with van der Waals surface area (Å²) in [5.74, 6) is -7.17. The molecule has 1 aromatic carbocycles. The molecule has 26 heavy (non-hydrogen) atoms. The number of hydrogen-bond donors (Lipinski definition) is 4. The molecule has 1 saturated carbocycles. The maximum absolute atomic E-state index is 12.4. The molecule has 5 atom stereocenters. The second kappa shape index (κ2) is 6.06. The molecule has 1 aliphatic heterocycles. The molecule has 0 aromatic heterocycles. The number of benzene rings is 1. The number of sulfone groups is 1. The summed E-state index contributed by atoms with van der Waals surface area (Å²) >= 11 is 0. The lowest BCUT2D eigenvalue weighted by atomic mass is 9.93. The summed E-state index contributed by atoms with van der Waals surface area (Å²) in [7, 11) is -3.95. The van der Waals surface area contributed by atoms with Crippen LogP contribution in [0.15, 0.2) is 30.3 Å². The predicted molar refractivity (Wildman–Crippen MR) is 88.8 cm³/mol. The Balaban J connectivity index is 1.82. The van der Waals surface area contributed by atoms with Crippen LogP contribution in [0.5, 0.6) is 0 Å². The van der Waals surface area contributed by atoms with Gasteiger partial charge in [-0.2, -0.15) is 0 Å². The van der Waals surface area contributed by atoms with Crippen LogP contribution in [-0.4, -0.2) is 59.1 Å². The first-order valence-electron chi connectivity index (χ1n) is 7.89. The van der Waals surface area contributed by atoms with Crippen molar-refractivity contribution in [2.75, 3.05) is 5.75 Å². The monoisotopic (exact) mass is 382 g/mol. The molecule has 1 aliphatic carbocycles. The van der Waals surface area contributed by atoms with E-state index in [2.05, 4.69) is 5.32 Å². The van der Waals surface area contributed by atoms with E-state index >= 15 is 0 Å². The zero-order valence-electron chi connectivity index (χ0n) is 13.5. The van der Waals surface area contributed by atoms with Gasteiger partial charge in [-0.25, -0.2) is 13.2 Å². The molecule has 1 saturated heterocycles. The van der Waals surface area contributed by atoms with Crippen LogP contribution in [-0.2, 0) is 30.6 Å². The summed E-state index contributed by atoms with van der Waals surface area (Å²) in [5.41, 5.74) is 4.42. The zero-order chi connectivity index (χ0) is 19.3. The fourth-order valence-corrected chi connectivity index (χ4v) is 6.48. The van der Waals surface area contributed by atoms with Gasteiger partial charge in [0.25, 0.3) is 0 Å². The number of carbonyl (C=O) groups is 3. The van der Waals surface area contributed by atoms with E-state index in [4.69, 9.17) is 10.8 Å². The van der Waals surface area contributed by atoms with Crippen LogP contribution in [0.1, 0.15) is 5.56 Å². The number of fused-ring (bicyclic) bond motifs is 1. The lowest BCUT2D eigenvalue weighted by Crippen LogP contribution is -2.62. The maximum atomic E-state index is 12.4. The van der Waals surface area contributed by atoms with Crippen molar-refractivity contribution < 1.29 is 33.0 Å². The summed E-state index contributed by atoms with van der Waals surface area (Å²) in [6, 6.07) is 7.70. The highest BCUT2D eigenvalue weighted by Crippen LogP contribution is 2.57. The second-order valence-electron chi connectivity index (χ2n) is 6.72. The second-order valence-corrected chi connectivity index (χ2v) is 8.88. The number of nitrogens with one attached hydrogen (secondary N) is 1. The summed E-state index contributed by atoms with van der Waals surface area (Å²) in [6.07, 6.45) is 0.131. The van der Waals surface area contributed by atoms with E-state index in [1.54, 1.807) is 30.3 Å². The number of rotatable bonds is 6. The van der Waals surface area contributed by atoms with Crippen molar-refractivity contribution >= 4 is 27.7 Å². The molecule has 2 aliphatic rings. The minimum absolute atomic E-state index is 0.131. The van der Waals surface area contributed by atoms with Gasteiger partial charge < -0.3 is 21.3 Å². The van der Waals surface area contributed by atoms with Gasteiger partial charge in [0.1, 0.15) is 0 Å². The molecule has 10 heteroatoms. The van der Waals surface area contributed by atoms with E-state index in [0.717, 1.165) is 5.56 Å². The van der Waals surface area contributed by atoms with E-state index in [-0.39, 0.29) is 6.42 Å². The molecule has 0 radical (unpaired) electrons. The van der Waals surface area contributed by atoms with E-state index in [9.17, 15) is 27.9 Å². The van der Waals surface area contributed by atoms with Crippen LogP contribution in [0.4, 0.5) is 0 Å². The fraction of sp³-hybridized carbons (Fsp3) is 0.438. The zero-order valence-corrected chi connectivity index (χ0v) is 14.3. The van der Waals surface area contributed by atoms with Gasteiger partial charge in [-0.1, -0.05) is 30.3 Å². The first-order chi connectivity index (χ1) is 12.1. The molecular weight excluding hydrogens is 364 g/mol. The lowest BCUT2D eigenvalue weighted by molar-refractivity contribution is -0.148. The average molecular weight is 382 g/mol. The van der Waals surface area contributed by atoms with Gasteiger partial charge in [-0.05, 0) is 12.0 Å². The first-order valence-corrected chi connectivity index (χ1v) is 9.61. The molecule has 1 aromatic rings. The Hall–Kier alpha value is -2.46. The molecular formula is C16H18N2O7S. The molecule has 5 N–H and O–H groups in total. The Labute approximate surface area is 149 Å². The molecule has 3 rings (SSSR count). The largest absolute Gasteiger partial charge is 0.481 e. The normalized spacial score (nSPS) is 32.3. The summed E-state index contributed by atoms with van der Waals surface area (Å²) in [4.78, 5) is 35.5. The standard InChI is InChI=1S/C16H18N2O7S/c17-9(6-8-4-2-1-3-5-8)13(19)18-16(15(22)23)7-26(24,25)12-10(11(12)16)14(20)21/h1-5,9-12H,6-7,17H2,(H,18,19)(H,20,21)(H,22,23)/t9-,10+,11+,12-,16-/m0/s1. The number of carboxylic acid groups (broad SMARTS) is 2. The van der Waals surface area contributed by atoms with E-state index in [1.807, 2.05) is 0 Å². The molecule has 9 nitrogen and oxygen atoms in total. The van der Waals surface area contributed by atoms with Crippen molar-refractivity contribution in [2.24, 2.45) is 17.6 Å².